The molecule has 0 unspecified atom stereocenters. The number of benzene rings is 2. The van der Waals surface area contributed by atoms with Gasteiger partial charge in [0.2, 0.25) is 0 Å². The molecule has 0 aliphatic rings. The molecule has 2 aromatic carbocycles. The zero-order chi connectivity index (χ0) is 22.9. The number of halogens is 4. The fraction of sp³-hybridized carbons (Fsp3) is 0.0909. The Hall–Kier alpha value is -3.48. The summed E-state index contributed by atoms with van der Waals surface area (Å²) in [6.07, 6.45) is -4.63. The van der Waals surface area contributed by atoms with Crippen LogP contribution in [-0.4, -0.2) is 15.9 Å². The Morgan fingerprint density at radius 1 is 1.12 bits per heavy atom. The topological polar surface area (TPSA) is 78.7 Å². The van der Waals surface area contributed by atoms with Gasteiger partial charge in [0, 0.05) is 11.8 Å². The third-order valence-electron chi connectivity index (χ3n) is 4.53. The molecule has 0 saturated heterocycles. The molecular formula is C22H12ClF3N4OS. The number of nitrogens with one attached hydrogen (secondary N) is 1. The second-order valence-corrected chi connectivity index (χ2v) is 8.20. The van der Waals surface area contributed by atoms with Crippen LogP contribution in [0.15, 0.2) is 54.6 Å². The van der Waals surface area contributed by atoms with Crippen LogP contribution in [0.4, 0.5) is 18.2 Å². The second kappa shape index (κ2) is 8.57. The number of carbonyl (C=O) groups excluding carboxylic acids is 1. The van der Waals surface area contributed by atoms with E-state index < -0.39 is 22.8 Å². The maximum Gasteiger partial charge on any atom is 0.436 e. The van der Waals surface area contributed by atoms with E-state index in [-0.39, 0.29) is 22.1 Å². The Labute approximate surface area is 189 Å². The summed E-state index contributed by atoms with van der Waals surface area (Å²) in [6, 6.07) is 16.5. The average molecular weight is 473 g/mol. The maximum atomic E-state index is 13.6. The molecule has 0 spiro atoms. The molecular weight excluding hydrogens is 461 g/mol. The monoisotopic (exact) mass is 472 g/mol. The zero-order valence-electron chi connectivity index (χ0n) is 16.1. The van der Waals surface area contributed by atoms with Crippen LogP contribution in [0.1, 0.15) is 32.2 Å². The van der Waals surface area contributed by atoms with E-state index in [0.29, 0.717) is 22.0 Å². The fourth-order valence-corrected chi connectivity index (χ4v) is 4.30. The largest absolute Gasteiger partial charge is 0.436 e. The van der Waals surface area contributed by atoms with Crippen molar-refractivity contribution in [3.05, 3.63) is 87.1 Å². The van der Waals surface area contributed by atoms with Crippen molar-refractivity contribution < 1.29 is 18.0 Å². The van der Waals surface area contributed by atoms with Crippen molar-refractivity contribution in [1.29, 1.82) is 5.26 Å². The Morgan fingerprint density at radius 2 is 1.84 bits per heavy atom. The zero-order valence-corrected chi connectivity index (χ0v) is 17.6. The molecule has 1 amide bonds. The number of amides is 1. The Balaban J connectivity index is 1.67. The van der Waals surface area contributed by atoms with Gasteiger partial charge in [0.15, 0.2) is 5.69 Å². The molecule has 5 nitrogen and oxygen atoms in total. The summed E-state index contributed by atoms with van der Waals surface area (Å²) < 4.78 is 40.8. The number of para-hydroxylation sites is 1. The molecule has 0 fully saturated rings. The van der Waals surface area contributed by atoms with E-state index in [2.05, 4.69) is 15.3 Å². The normalized spacial score (nSPS) is 11.3. The van der Waals surface area contributed by atoms with Gasteiger partial charge in [0.05, 0.1) is 27.7 Å². The average Bonchev–Trinajstić information content (AvgIpc) is 3.16. The molecule has 0 aliphatic heterocycles. The van der Waals surface area contributed by atoms with Crippen LogP contribution in [0.25, 0.3) is 10.9 Å². The van der Waals surface area contributed by atoms with Crippen molar-refractivity contribution in [2.24, 2.45) is 0 Å². The quantitative estimate of drug-likeness (QED) is 0.365. The van der Waals surface area contributed by atoms with E-state index in [1.165, 1.54) is 6.07 Å². The third kappa shape index (κ3) is 4.56. The number of nitrogens with zero attached hydrogens (tertiary/aromatic N) is 3. The van der Waals surface area contributed by atoms with Crippen LogP contribution in [0, 0.1) is 11.3 Å². The van der Waals surface area contributed by atoms with Crippen LogP contribution in [0.2, 0.25) is 5.15 Å². The number of pyridine rings is 1. The van der Waals surface area contributed by atoms with Crippen molar-refractivity contribution in [3.8, 4) is 6.07 Å². The SMILES string of the molecule is N#Cc1ccc(Cc2nc(C(F)(F)F)c(NC(=O)c3cc(Cl)nc4ccccc34)s2)cc1. The van der Waals surface area contributed by atoms with Gasteiger partial charge >= 0.3 is 6.18 Å². The van der Waals surface area contributed by atoms with Crippen LogP contribution in [-0.2, 0) is 12.6 Å². The van der Waals surface area contributed by atoms with Gasteiger partial charge in [0.1, 0.15) is 10.2 Å². The van der Waals surface area contributed by atoms with Crippen molar-refractivity contribution in [2.75, 3.05) is 5.32 Å². The van der Waals surface area contributed by atoms with Crippen molar-refractivity contribution >= 4 is 44.7 Å². The number of hydrogen-bond donors (Lipinski definition) is 1. The van der Waals surface area contributed by atoms with Gasteiger partial charge in [-0.1, -0.05) is 41.9 Å². The lowest BCUT2D eigenvalue weighted by Gasteiger charge is -2.09. The summed E-state index contributed by atoms with van der Waals surface area (Å²) in [5, 5.41) is 11.5. The molecule has 2 aromatic heterocycles. The third-order valence-corrected chi connectivity index (χ3v) is 5.70. The molecule has 0 radical (unpaired) electrons. The van der Waals surface area contributed by atoms with Gasteiger partial charge in [-0.05, 0) is 29.8 Å². The number of carbonyl (C=O) groups is 1. The van der Waals surface area contributed by atoms with Crippen LogP contribution < -0.4 is 5.32 Å². The number of aromatic nitrogens is 2. The fourth-order valence-electron chi connectivity index (χ4n) is 3.09. The number of nitriles is 1. The maximum absolute atomic E-state index is 13.6. The van der Waals surface area contributed by atoms with E-state index in [4.69, 9.17) is 16.9 Å². The highest BCUT2D eigenvalue weighted by Gasteiger charge is 2.38. The van der Waals surface area contributed by atoms with Gasteiger partial charge < -0.3 is 5.32 Å². The number of fused-ring (bicyclic) bond motifs is 1. The summed E-state index contributed by atoms with van der Waals surface area (Å²) in [5.41, 5.74) is 0.531. The standard InChI is InChI=1S/C22H12ClF3N4OS/c23-17-10-15(14-3-1-2-4-16(14)28-17)20(31)30-21-19(22(24,25)26)29-18(32-21)9-12-5-7-13(11-27)8-6-12/h1-8,10H,9H2,(H,30,31). The first kappa shape index (κ1) is 21.7. The Morgan fingerprint density at radius 3 is 2.53 bits per heavy atom. The van der Waals surface area contributed by atoms with Crippen LogP contribution >= 0.6 is 22.9 Å². The van der Waals surface area contributed by atoms with Crippen molar-refractivity contribution in [1.82, 2.24) is 9.97 Å². The number of alkyl halides is 3. The number of anilines is 1. The molecule has 4 rings (SSSR count). The predicted octanol–water partition coefficient (Wildman–Crippen LogP) is 6.08. The minimum atomic E-state index is -4.75. The van der Waals surface area contributed by atoms with Crippen molar-refractivity contribution in [2.45, 2.75) is 12.6 Å². The highest BCUT2D eigenvalue weighted by atomic mass is 35.5. The molecule has 2 heterocycles. The number of rotatable bonds is 4. The summed E-state index contributed by atoms with van der Waals surface area (Å²) in [5.74, 6) is -0.746. The molecule has 0 aliphatic carbocycles. The minimum absolute atomic E-state index is 0.0516. The summed E-state index contributed by atoms with van der Waals surface area (Å²) in [6.45, 7) is 0. The number of hydrogen-bond acceptors (Lipinski definition) is 5. The first-order valence-electron chi connectivity index (χ1n) is 9.17. The van der Waals surface area contributed by atoms with Gasteiger partial charge in [-0.25, -0.2) is 9.97 Å². The lowest BCUT2D eigenvalue weighted by Crippen LogP contribution is -2.16. The molecule has 0 saturated carbocycles. The summed E-state index contributed by atoms with van der Waals surface area (Å²) >= 11 is 6.74. The van der Waals surface area contributed by atoms with E-state index in [1.54, 1.807) is 48.5 Å². The second-order valence-electron chi connectivity index (χ2n) is 6.73. The van der Waals surface area contributed by atoms with E-state index >= 15 is 0 Å². The summed E-state index contributed by atoms with van der Waals surface area (Å²) in [4.78, 5) is 20.7. The van der Waals surface area contributed by atoms with Crippen LogP contribution in [0.5, 0.6) is 0 Å². The Bertz CT molecular complexity index is 1360. The Kier molecular flexibility index (Phi) is 5.82. The molecule has 32 heavy (non-hydrogen) atoms. The smallest absolute Gasteiger partial charge is 0.312 e. The van der Waals surface area contributed by atoms with E-state index in [0.717, 1.165) is 11.3 Å². The van der Waals surface area contributed by atoms with Gasteiger partial charge in [-0.3, -0.25) is 4.79 Å². The summed E-state index contributed by atoms with van der Waals surface area (Å²) in [7, 11) is 0. The van der Waals surface area contributed by atoms with Crippen molar-refractivity contribution in [3.63, 3.8) is 0 Å². The molecule has 4 aromatic rings. The van der Waals surface area contributed by atoms with Gasteiger partial charge in [-0.15, -0.1) is 11.3 Å². The van der Waals surface area contributed by atoms with Gasteiger partial charge in [0.25, 0.3) is 5.91 Å². The molecule has 160 valence electrons. The molecule has 10 heteroatoms. The minimum Gasteiger partial charge on any atom is -0.312 e. The number of thiazole rings is 1. The van der Waals surface area contributed by atoms with Crippen LogP contribution in [0.3, 0.4) is 0 Å². The lowest BCUT2D eigenvalue weighted by atomic mass is 10.1. The highest BCUT2D eigenvalue weighted by Crippen LogP contribution is 2.39. The van der Waals surface area contributed by atoms with E-state index in [1.807, 2.05) is 6.07 Å². The molecule has 1 N–H and O–H groups in total. The molecule has 0 atom stereocenters. The lowest BCUT2D eigenvalue weighted by molar-refractivity contribution is -0.140. The predicted molar refractivity (Wildman–Crippen MR) is 116 cm³/mol. The first-order chi connectivity index (χ1) is 15.2. The van der Waals surface area contributed by atoms with E-state index in [9.17, 15) is 18.0 Å². The first-order valence-corrected chi connectivity index (χ1v) is 10.4. The van der Waals surface area contributed by atoms with Gasteiger partial charge in [-0.2, -0.15) is 18.4 Å². The highest BCUT2D eigenvalue weighted by molar-refractivity contribution is 7.16. The molecule has 0 bridgehead atoms.